The van der Waals surface area contributed by atoms with Crippen molar-refractivity contribution in [1.29, 1.82) is 0 Å². The smallest absolute Gasteiger partial charge is 0.255 e. The zero-order chi connectivity index (χ0) is 15.4. The molecule has 0 radical (unpaired) electrons. The van der Waals surface area contributed by atoms with Gasteiger partial charge in [-0.2, -0.15) is 0 Å². The highest BCUT2D eigenvalue weighted by molar-refractivity contribution is 6.05. The quantitative estimate of drug-likeness (QED) is 0.909. The third-order valence-electron chi connectivity index (χ3n) is 2.98. The van der Waals surface area contributed by atoms with Gasteiger partial charge in [0.05, 0.1) is 0 Å². The van der Waals surface area contributed by atoms with Crippen molar-refractivity contribution >= 4 is 23.2 Å². The SMILES string of the molecule is CC(=O)Nc1ccc(C(=O)Nc2cccc(F)c2C)cc1. The van der Waals surface area contributed by atoms with Crippen molar-refractivity contribution < 1.29 is 14.0 Å². The van der Waals surface area contributed by atoms with E-state index in [2.05, 4.69) is 10.6 Å². The molecule has 2 N–H and O–H groups in total. The molecule has 0 atom stereocenters. The van der Waals surface area contributed by atoms with Crippen LogP contribution in [-0.2, 0) is 4.79 Å². The van der Waals surface area contributed by atoms with Gasteiger partial charge in [-0.3, -0.25) is 9.59 Å². The van der Waals surface area contributed by atoms with Crippen LogP contribution in [0.3, 0.4) is 0 Å². The predicted octanol–water partition coefficient (Wildman–Crippen LogP) is 3.34. The summed E-state index contributed by atoms with van der Waals surface area (Å²) < 4.78 is 13.4. The molecule has 0 fully saturated rings. The van der Waals surface area contributed by atoms with Crippen LogP contribution in [0.2, 0.25) is 0 Å². The Labute approximate surface area is 122 Å². The molecule has 2 rings (SSSR count). The largest absolute Gasteiger partial charge is 0.326 e. The molecule has 0 bridgehead atoms. The highest BCUT2D eigenvalue weighted by Gasteiger charge is 2.09. The van der Waals surface area contributed by atoms with Crippen molar-refractivity contribution in [2.24, 2.45) is 0 Å². The van der Waals surface area contributed by atoms with E-state index >= 15 is 0 Å². The monoisotopic (exact) mass is 286 g/mol. The van der Waals surface area contributed by atoms with Crippen molar-refractivity contribution in [3.8, 4) is 0 Å². The molecule has 0 saturated carbocycles. The average Bonchev–Trinajstić information content (AvgIpc) is 2.44. The Morgan fingerprint density at radius 3 is 2.29 bits per heavy atom. The molecule has 0 heterocycles. The Morgan fingerprint density at radius 2 is 1.67 bits per heavy atom. The van der Waals surface area contributed by atoms with E-state index < -0.39 is 0 Å². The Balaban J connectivity index is 2.13. The molecule has 2 amide bonds. The lowest BCUT2D eigenvalue weighted by Gasteiger charge is -2.09. The van der Waals surface area contributed by atoms with Gasteiger partial charge in [0.25, 0.3) is 5.91 Å². The highest BCUT2D eigenvalue weighted by atomic mass is 19.1. The number of amides is 2. The Kier molecular flexibility index (Phi) is 4.33. The van der Waals surface area contributed by atoms with Gasteiger partial charge in [0, 0.05) is 29.4 Å². The molecule has 0 aliphatic heterocycles. The number of carbonyl (C=O) groups is 2. The van der Waals surface area contributed by atoms with Gasteiger partial charge in [-0.05, 0) is 43.3 Å². The van der Waals surface area contributed by atoms with Gasteiger partial charge in [0.1, 0.15) is 5.82 Å². The van der Waals surface area contributed by atoms with E-state index in [-0.39, 0.29) is 17.6 Å². The average molecular weight is 286 g/mol. The predicted molar refractivity (Wildman–Crippen MR) is 79.8 cm³/mol. The molecule has 5 heteroatoms. The number of halogens is 1. The third kappa shape index (κ3) is 3.66. The zero-order valence-corrected chi connectivity index (χ0v) is 11.7. The number of carbonyl (C=O) groups excluding carboxylic acids is 2. The van der Waals surface area contributed by atoms with Crippen LogP contribution < -0.4 is 10.6 Å². The normalized spacial score (nSPS) is 10.0. The fraction of sp³-hybridized carbons (Fsp3) is 0.125. The molecule has 0 unspecified atom stereocenters. The number of anilines is 2. The van der Waals surface area contributed by atoms with Crippen molar-refractivity contribution in [1.82, 2.24) is 0 Å². The number of hydrogen-bond acceptors (Lipinski definition) is 2. The van der Waals surface area contributed by atoms with Crippen LogP contribution in [0.25, 0.3) is 0 Å². The summed E-state index contributed by atoms with van der Waals surface area (Å²) in [5.41, 5.74) is 1.86. The van der Waals surface area contributed by atoms with E-state index in [4.69, 9.17) is 0 Å². The molecule has 0 aliphatic rings. The van der Waals surface area contributed by atoms with Crippen LogP contribution in [0.4, 0.5) is 15.8 Å². The maximum atomic E-state index is 13.4. The van der Waals surface area contributed by atoms with Gasteiger partial charge in [0.2, 0.25) is 5.91 Å². The van der Waals surface area contributed by atoms with Gasteiger partial charge in [-0.25, -0.2) is 4.39 Å². The maximum Gasteiger partial charge on any atom is 0.255 e. The third-order valence-corrected chi connectivity index (χ3v) is 2.98. The lowest BCUT2D eigenvalue weighted by atomic mass is 10.1. The summed E-state index contributed by atoms with van der Waals surface area (Å²) in [6.07, 6.45) is 0. The Hall–Kier alpha value is -2.69. The first-order valence-electron chi connectivity index (χ1n) is 6.41. The van der Waals surface area contributed by atoms with E-state index in [0.29, 0.717) is 22.5 Å². The summed E-state index contributed by atoms with van der Waals surface area (Å²) in [5.74, 6) is -0.880. The molecule has 0 saturated heterocycles. The van der Waals surface area contributed by atoms with E-state index in [0.717, 1.165) is 0 Å². The van der Waals surface area contributed by atoms with Gasteiger partial charge in [-0.1, -0.05) is 6.07 Å². The number of rotatable bonds is 3. The second kappa shape index (κ2) is 6.17. The molecule has 108 valence electrons. The van der Waals surface area contributed by atoms with Crippen molar-refractivity contribution in [3.63, 3.8) is 0 Å². The topological polar surface area (TPSA) is 58.2 Å². The van der Waals surface area contributed by atoms with Crippen molar-refractivity contribution in [2.45, 2.75) is 13.8 Å². The van der Waals surface area contributed by atoms with Gasteiger partial charge in [-0.15, -0.1) is 0 Å². The van der Waals surface area contributed by atoms with Crippen LogP contribution in [0.5, 0.6) is 0 Å². The molecule has 2 aromatic rings. The minimum absolute atomic E-state index is 0.178. The molecule has 0 aliphatic carbocycles. The van der Waals surface area contributed by atoms with E-state index in [9.17, 15) is 14.0 Å². The molecule has 4 nitrogen and oxygen atoms in total. The van der Waals surface area contributed by atoms with Crippen LogP contribution in [0.15, 0.2) is 42.5 Å². The second-order valence-corrected chi connectivity index (χ2v) is 4.63. The zero-order valence-electron chi connectivity index (χ0n) is 11.7. The van der Waals surface area contributed by atoms with Gasteiger partial charge in [0.15, 0.2) is 0 Å². The molecule has 2 aromatic carbocycles. The molecule has 0 spiro atoms. The second-order valence-electron chi connectivity index (χ2n) is 4.63. The van der Waals surface area contributed by atoms with Crippen LogP contribution in [0.1, 0.15) is 22.8 Å². The van der Waals surface area contributed by atoms with E-state index in [1.807, 2.05) is 0 Å². The Morgan fingerprint density at radius 1 is 1.00 bits per heavy atom. The summed E-state index contributed by atoms with van der Waals surface area (Å²) in [6.45, 7) is 3.01. The first-order chi connectivity index (χ1) is 9.97. The summed E-state index contributed by atoms with van der Waals surface area (Å²) in [6, 6.07) is 11.0. The Bertz CT molecular complexity index is 681. The fourth-order valence-electron chi connectivity index (χ4n) is 1.85. The lowest BCUT2D eigenvalue weighted by Crippen LogP contribution is -2.13. The van der Waals surface area contributed by atoms with Crippen molar-refractivity contribution in [2.75, 3.05) is 10.6 Å². The molecule has 0 aromatic heterocycles. The summed E-state index contributed by atoms with van der Waals surface area (Å²) >= 11 is 0. The molecular weight excluding hydrogens is 271 g/mol. The summed E-state index contributed by atoms with van der Waals surface area (Å²) in [4.78, 5) is 23.0. The number of nitrogens with one attached hydrogen (secondary N) is 2. The number of hydrogen-bond donors (Lipinski definition) is 2. The highest BCUT2D eigenvalue weighted by Crippen LogP contribution is 2.19. The van der Waals surface area contributed by atoms with Crippen LogP contribution in [-0.4, -0.2) is 11.8 Å². The molecular formula is C16H15FN2O2. The van der Waals surface area contributed by atoms with Crippen LogP contribution in [0, 0.1) is 12.7 Å². The first kappa shape index (κ1) is 14.7. The minimum atomic E-state index is -0.367. The van der Waals surface area contributed by atoms with Crippen LogP contribution >= 0.6 is 0 Å². The fourth-order valence-corrected chi connectivity index (χ4v) is 1.85. The lowest BCUT2D eigenvalue weighted by molar-refractivity contribution is -0.114. The van der Waals surface area contributed by atoms with E-state index in [1.54, 1.807) is 37.3 Å². The van der Waals surface area contributed by atoms with Gasteiger partial charge >= 0.3 is 0 Å². The first-order valence-corrected chi connectivity index (χ1v) is 6.41. The molecule has 21 heavy (non-hydrogen) atoms. The summed E-state index contributed by atoms with van der Waals surface area (Å²) in [5, 5.41) is 5.28. The van der Waals surface area contributed by atoms with E-state index in [1.165, 1.54) is 19.1 Å². The summed E-state index contributed by atoms with van der Waals surface area (Å²) in [7, 11) is 0. The van der Waals surface area contributed by atoms with Crippen molar-refractivity contribution in [3.05, 3.63) is 59.4 Å². The standard InChI is InChI=1S/C16H15FN2O2/c1-10-14(17)4-3-5-15(10)19-16(21)12-6-8-13(9-7-12)18-11(2)20/h3-9H,1-2H3,(H,18,20)(H,19,21). The minimum Gasteiger partial charge on any atom is -0.326 e. The maximum absolute atomic E-state index is 13.4. The van der Waals surface area contributed by atoms with Gasteiger partial charge < -0.3 is 10.6 Å². The number of benzene rings is 2.